The van der Waals surface area contributed by atoms with Crippen LogP contribution in [0.5, 0.6) is 11.5 Å². The second-order valence-electron chi connectivity index (χ2n) is 4.47. The fourth-order valence-electron chi connectivity index (χ4n) is 1.79. The molecule has 2 atom stereocenters. The predicted octanol–water partition coefficient (Wildman–Crippen LogP) is 0.809. The van der Waals surface area contributed by atoms with E-state index in [9.17, 15) is 5.11 Å². The Morgan fingerprint density at radius 2 is 2.06 bits per heavy atom. The second kappa shape index (κ2) is 6.04. The summed E-state index contributed by atoms with van der Waals surface area (Å²) >= 11 is 0. The number of rotatable bonds is 6. The van der Waals surface area contributed by atoms with Crippen LogP contribution in [0.2, 0.25) is 0 Å². The molecule has 3 N–H and O–H groups in total. The van der Waals surface area contributed by atoms with Crippen LogP contribution < -0.4 is 14.8 Å². The van der Waals surface area contributed by atoms with Crippen molar-refractivity contribution < 1.29 is 19.7 Å². The average molecular weight is 253 g/mol. The normalized spacial score (nSPS) is 16.6. The summed E-state index contributed by atoms with van der Waals surface area (Å²) in [6.07, 6.45) is -0.234. The summed E-state index contributed by atoms with van der Waals surface area (Å²) < 4.78 is 10.5. The number of aliphatic hydroxyl groups excluding tert-OH is 2. The number of ether oxygens (including phenoxy) is 2. The van der Waals surface area contributed by atoms with E-state index in [-0.39, 0.29) is 12.9 Å². The quantitative estimate of drug-likeness (QED) is 0.654. The van der Waals surface area contributed by atoms with Gasteiger partial charge in [0.1, 0.15) is 0 Å². The topological polar surface area (TPSA) is 71.0 Å². The monoisotopic (exact) mass is 253 g/mol. The third-order valence-electron chi connectivity index (χ3n) is 2.86. The molecule has 5 nitrogen and oxygen atoms in total. The maximum atomic E-state index is 10.00. The van der Waals surface area contributed by atoms with E-state index in [1.54, 1.807) is 19.1 Å². The van der Waals surface area contributed by atoms with E-state index in [1.165, 1.54) is 0 Å². The van der Waals surface area contributed by atoms with Crippen LogP contribution in [0.15, 0.2) is 18.2 Å². The Kier molecular flexibility index (Phi) is 4.41. The van der Waals surface area contributed by atoms with Gasteiger partial charge in [-0.3, -0.25) is 0 Å². The fraction of sp³-hybridized carbons (Fsp3) is 0.538. The molecule has 2 unspecified atom stereocenters. The number of hydrogen-bond acceptors (Lipinski definition) is 5. The van der Waals surface area contributed by atoms with Crippen molar-refractivity contribution in [3.8, 4) is 11.5 Å². The summed E-state index contributed by atoms with van der Waals surface area (Å²) in [7, 11) is 0. The molecule has 0 radical (unpaired) electrons. The van der Waals surface area contributed by atoms with E-state index < -0.39 is 6.10 Å². The molecule has 0 fully saturated rings. The van der Waals surface area contributed by atoms with E-state index in [1.807, 2.05) is 6.07 Å². The van der Waals surface area contributed by atoms with Gasteiger partial charge in [-0.25, -0.2) is 0 Å². The zero-order chi connectivity index (χ0) is 13.0. The van der Waals surface area contributed by atoms with Gasteiger partial charge in [-0.2, -0.15) is 0 Å². The lowest BCUT2D eigenvalue weighted by Crippen LogP contribution is -2.24. The van der Waals surface area contributed by atoms with Crippen molar-refractivity contribution in [2.45, 2.75) is 25.6 Å². The third-order valence-corrected chi connectivity index (χ3v) is 2.86. The largest absolute Gasteiger partial charge is 0.454 e. The highest BCUT2D eigenvalue weighted by Gasteiger charge is 2.16. The van der Waals surface area contributed by atoms with Crippen molar-refractivity contribution in [2.75, 3.05) is 19.9 Å². The highest BCUT2D eigenvalue weighted by molar-refractivity contribution is 5.45. The van der Waals surface area contributed by atoms with E-state index in [0.29, 0.717) is 31.0 Å². The molecule has 0 saturated heterocycles. The van der Waals surface area contributed by atoms with Crippen molar-refractivity contribution in [1.82, 2.24) is 5.32 Å². The van der Waals surface area contributed by atoms with Gasteiger partial charge >= 0.3 is 0 Å². The summed E-state index contributed by atoms with van der Waals surface area (Å²) in [4.78, 5) is 0. The number of hydrogen-bond donors (Lipinski definition) is 3. The maximum Gasteiger partial charge on any atom is 0.231 e. The van der Waals surface area contributed by atoms with Crippen LogP contribution in [0.4, 0.5) is 0 Å². The van der Waals surface area contributed by atoms with Gasteiger partial charge in [0.2, 0.25) is 6.79 Å². The Balaban J connectivity index is 1.83. The first-order valence-electron chi connectivity index (χ1n) is 6.13. The molecule has 1 aliphatic rings. The van der Waals surface area contributed by atoms with E-state index >= 15 is 0 Å². The molecule has 0 saturated carbocycles. The highest BCUT2D eigenvalue weighted by atomic mass is 16.7. The molecular weight excluding hydrogens is 234 g/mol. The van der Waals surface area contributed by atoms with Crippen LogP contribution in [-0.2, 0) is 0 Å². The minimum atomic E-state index is -0.589. The summed E-state index contributed by atoms with van der Waals surface area (Å²) in [6, 6.07) is 5.43. The standard InChI is InChI=1S/C13H19NO4/c1-9(15)4-5-14-7-11(16)10-2-3-12-13(6-10)18-8-17-12/h2-3,6,9,11,14-16H,4-5,7-8H2,1H3. The van der Waals surface area contributed by atoms with Gasteiger partial charge in [0.25, 0.3) is 0 Å². The fourth-order valence-corrected chi connectivity index (χ4v) is 1.79. The van der Waals surface area contributed by atoms with Gasteiger partial charge in [-0.1, -0.05) is 6.07 Å². The van der Waals surface area contributed by atoms with Crippen LogP contribution in [0.1, 0.15) is 25.0 Å². The van der Waals surface area contributed by atoms with Crippen molar-refractivity contribution in [2.24, 2.45) is 0 Å². The molecule has 0 bridgehead atoms. The van der Waals surface area contributed by atoms with Gasteiger partial charge in [-0.15, -0.1) is 0 Å². The molecule has 0 amide bonds. The van der Waals surface area contributed by atoms with Crippen LogP contribution in [0, 0.1) is 0 Å². The molecule has 1 aliphatic heterocycles. The van der Waals surface area contributed by atoms with Crippen LogP contribution in [-0.4, -0.2) is 36.2 Å². The molecular formula is C13H19NO4. The zero-order valence-electron chi connectivity index (χ0n) is 10.4. The molecule has 18 heavy (non-hydrogen) atoms. The highest BCUT2D eigenvalue weighted by Crippen LogP contribution is 2.33. The maximum absolute atomic E-state index is 10.00. The van der Waals surface area contributed by atoms with Crippen LogP contribution in [0.3, 0.4) is 0 Å². The molecule has 1 aromatic rings. The summed E-state index contributed by atoms with van der Waals surface area (Å²) in [5, 5.41) is 22.2. The molecule has 0 spiro atoms. The van der Waals surface area contributed by atoms with Crippen molar-refractivity contribution in [3.63, 3.8) is 0 Å². The molecule has 2 rings (SSSR count). The number of aliphatic hydroxyl groups is 2. The second-order valence-corrected chi connectivity index (χ2v) is 4.47. The van der Waals surface area contributed by atoms with E-state index in [4.69, 9.17) is 14.6 Å². The number of nitrogens with one attached hydrogen (secondary N) is 1. The van der Waals surface area contributed by atoms with Crippen molar-refractivity contribution in [3.05, 3.63) is 23.8 Å². The molecule has 0 aromatic heterocycles. The number of benzene rings is 1. The van der Waals surface area contributed by atoms with Crippen molar-refractivity contribution in [1.29, 1.82) is 0 Å². The minimum Gasteiger partial charge on any atom is -0.454 e. The average Bonchev–Trinajstić information content (AvgIpc) is 2.81. The Morgan fingerprint density at radius 3 is 2.83 bits per heavy atom. The van der Waals surface area contributed by atoms with Crippen LogP contribution >= 0.6 is 0 Å². The molecule has 0 aliphatic carbocycles. The smallest absolute Gasteiger partial charge is 0.231 e. The molecule has 5 heteroatoms. The first kappa shape index (κ1) is 13.1. The predicted molar refractivity (Wildman–Crippen MR) is 66.7 cm³/mol. The summed E-state index contributed by atoms with van der Waals surface area (Å²) in [5.74, 6) is 1.39. The van der Waals surface area contributed by atoms with Crippen molar-refractivity contribution >= 4 is 0 Å². The van der Waals surface area contributed by atoms with Gasteiger partial charge in [0.05, 0.1) is 12.2 Å². The van der Waals surface area contributed by atoms with Gasteiger partial charge in [0.15, 0.2) is 11.5 Å². The lowest BCUT2D eigenvalue weighted by atomic mass is 10.1. The lowest BCUT2D eigenvalue weighted by Gasteiger charge is -2.13. The zero-order valence-corrected chi connectivity index (χ0v) is 10.4. The van der Waals surface area contributed by atoms with E-state index in [2.05, 4.69) is 5.32 Å². The number of fused-ring (bicyclic) bond motifs is 1. The Bertz CT molecular complexity index is 395. The van der Waals surface area contributed by atoms with Crippen LogP contribution in [0.25, 0.3) is 0 Å². The van der Waals surface area contributed by atoms with Gasteiger partial charge < -0.3 is 25.0 Å². The summed E-state index contributed by atoms with van der Waals surface area (Å²) in [5.41, 5.74) is 0.795. The molecule has 100 valence electrons. The van der Waals surface area contributed by atoms with Gasteiger partial charge in [0, 0.05) is 6.54 Å². The SMILES string of the molecule is CC(O)CCNCC(O)c1ccc2c(c1)OCO2. The first-order valence-corrected chi connectivity index (χ1v) is 6.13. The van der Waals surface area contributed by atoms with Gasteiger partial charge in [-0.05, 0) is 37.6 Å². The molecule has 1 heterocycles. The van der Waals surface area contributed by atoms with E-state index in [0.717, 1.165) is 5.56 Å². The third kappa shape index (κ3) is 3.35. The molecule has 1 aromatic carbocycles. The lowest BCUT2D eigenvalue weighted by molar-refractivity contribution is 0.162. The Hall–Kier alpha value is -1.30. The summed E-state index contributed by atoms with van der Waals surface area (Å²) in [6.45, 7) is 3.11. The Labute approximate surface area is 106 Å². The minimum absolute atomic E-state index is 0.238. The first-order chi connectivity index (χ1) is 8.66. The Morgan fingerprint density at radius 1 is 1.28 bits per heavy atom.